The third kappa shape index (κ3) is 6.48. The molecular weight excluding hydrogens is 517 g/mol. The third-order valence-corrected chi connectivity index (χ3v) is 7.43. The second-order valence-electron chi connectivity index (χ2n) is 10.1. The van der Waals surface area contributed by atoms with Crippen molar-refractivity contribution in [1.82, 2.24) is 10.2 Å². The van der Waals surface area contributed by atoms with Crippen LogP contribution >= 0.6 is 0 Å². The lowest BCUT2D eigenvalue weighted by atomic mass is 9.91. The molecule has 2 aromatic carbocycles. The average Bonchev–Trinajstić information content (AvgIpc) is 3.44. The highest BCUT2D eigenvalue weighted by atomic mass is 19.4. The van der Waals surface area contributed by atoms with E-state index in [9.17, 15) is 35.5 Å². The Hall–Kier alpha value is -2.66. The van der Waals surface area contributed by atoms with Crippen molar-refractivity contribution in [3.05, 3.63) is 70.5 Å². The minimum absolute atomic E-state index is 0.0146. The summed E-state index contributed by atoms with van der Waals surface area (Å²) in [4.78, 5) is 13.7. The molecule has 1 heterocycles. The average molecular weight is 547 g/mol. The van der Waals surface area contributed by atoms with Crippen LogP contribution in [0.3, 0.4) is 0 Å². The SMILES string of the molecule is C[C@H](O[C@@H]1CC[C@H](N(C)C[C@H]2CCC(=O)N2)[C@@H]1c1ccc(F)cc1)c1cc(C(F)(F)F)cc(C(F)(F)F)c1. The zero-order valence-electron chi connectivity index (χ0n) is 20.9. The van der Waals surface area contributed by atoms with Crippen molar-refractivity contribution in [2.24, 2.45) is 0 Å². The number of carbonyl (C=O) groups is 1. The van der Waals surface area contributed by atoms with Crippen LogP contribution in [0.1, 0.15) is 66.9 Å². The Morgan fingerprint density at radius 2 is 1.58 bits per heavy atom. The van der Waals surface area contributed by atoms with Gasteiger partial charge in [-0.2, -0.15) is 26.3 Å². The molecule has 38 heavy (non-hydrogen) atoms. The fraction of sp³-hybridized carbons (Fsp3) is 0.519. The molecule has 1 saturated heterocycles. The highest BCUT2D eigenvalue weighted by Crippen LogP contribution is 2.43. The number of hydrogen-bond acceptors (Lipinski definition) is 3. The standard InChI is InChI=1S/C27H29F7N2O2/c1-15(17-11-18(26(29,30)31)13-19(12-17)27(32,33)34)38-23-9-8-22(25(23)16-3-5-20(28)6-4-16)36(2)14-21-7-10-24(37)35-21/h3-6,11-13,15,21-23,25H,7-10,14H2,1-2H3,(H,35,37)/t15-,21+,22-,23+,25-/m0/s1. The molecule has 1 amide bonds. The number of halogens is 7. The molecule has 208 valence electrons. The summed E-state index contributed by atoms with van der Waals surface area (Å²) in [6.07, 6.45) is -9.21. The monoisotopic (exact) mass is 546 g/mol. The van der Waals surface area contributed by atoms with Crippen LogP contribution in [0.5, 0.6) is 0 Å². The van der Waals surface area contributed by atoms with Gasteiger partial charge in [0.15, 0.2) is 0 Å². The molecular formula is C27H29F7N2O2. The van der Waals surface area contributed by atoms with Crippen molar-refractivity contribution in [2.45, 2.75) is 75.2 Å². The van der Waals surface area contributed by atoms with E-state index in [4.69, 9.17) is 4.74 Å². The fourth-order valence-electron chi connectivity index (χ4n) is 5.56. The van der Waals surface area contributed by atoms with Crippen LogP contribution in [-0.4, -0.2) is 42.6 Å². The van der Waals surface area contributed by atoms with Crippen LogP contribution in [-0.2, 0) is 21.9 Å². The van der Waals surface area contributed by atoms with E-state index in [0.29, 0.717) is 44.4 Å². The lowest BCUT2D eigenvalue weighted by Crippen LogP contribution is -2.43. The molecule has 0 bridgehead atoms. The summed E-state index contributed by atoms with van der Waals surface area (Å²) in [6.45, 7) is 2.00. The van der Waals surface area contributed by atoms with E-state index in [1.165, 1.54) is 19.1 Å². The van der Waals surface area contributed by atoms with Gasteiger partial charge in [-0.15, -0.1) is 0 Å². The first-order chi connectivity index (χ1) is 17.7. The van der Waals surface area contributed by atoms with E-state index in [1.54, 1.807) is 12.1 Å². The fourth-order valence-corrected chi connectivity index (χ4v) is 5.56. The number of carbonyl (C=O) groups excluding carboxylic acids is 1. The number of amides is 1. The van der Waals surface area contributed by atoms with Gasteiger partial charge in [0.2, 0.25) is 5.91 Å². The van der Waals surface area contributed by atoms with Gasteiger partial charge in [0.1, 0.15) is 5.82 Å². The lowest BCUT2D eigenvalue weighted by molar-refractivity contribution is -0.143. The predicted octanol–water partition coefficient (Wildman–Crippen LogP) is 6.47. The minimum atomic E-state index is -4.96. The molecule has 2 fully saturated rings. The third-order valence-electron chi connectivity index (χ3n) is 7.43. The molecule has 1 aliphatic heterocycles. The highest BCUT2D eigenvalue weighted by molar-refractivity contribution is 5.78. The molecule has 5 atom stereocenters. The number of hydrogen-bond donors (Lipinski definition) is 1. The summed E-state index contributed by atoms with van der Waals surface area (Å²) in [5, 5.41) is 2.92. The number of alkyl halides is 6. The Morgan fingerprint density at radius 1 is 0.974 bits per heavy atom. The molecule has 4 rings (SSSR count). The largest absolute Gasteiger partial charge is 0.416 e. The Kier molecular flexibility index (Phi) is 8.09. The number of ether oxygens (including phenoxy) is 1. The second kappa shape index (κ2) is 10.8. The summed E-state index contributed by atoms with van der Waals surface area (Å²) in [7, 11) is 1.90. The smallest absolute Gasteiger partial charge is 0.370 e. The number of nitrogens with one attached hydrogen (secondary N) is 1. The van der Waals surface area contributed by atoms with Crippen LogP contribution in [0.2, 0.25) is 0 Å². The molecule has 2 aliphatic rings. The molecule has 4 nitrogen and oxygen atoms in total. The normalized spacial score (nSPS) is 25.2. The zero-order valence-corrected chi connectivity index (χ0v) is 20.9. The van der Waals surface area contributed by atoms with Gasteiger partial charge in [0.25, 0.3) is 0 Å². The van der Waals surface area contributed by atoms with E-state index < -0.39 is 41.5 Å². The highest BCUT2D eigenvalue weighted by Gasteiger charge is 2.42. The van der Waals surface area contributed by atoms with Crippen molar-refractivity contribution in [3.8, 4) is 0 Å². The van der Waals surface area contributed by atoms with Crippen LogP contribution < -0.4 is 5.32 Å². The minimum Gasteiger partial charge on any atom is -0.370 e. The summed E-state index contributed by atoms with van der Waals surface area (Å²) < 4.78 is 100. The van der Waals surface area contributed by atoms with E-state index >= 15 is 0 Å². The summed E-state index contributed by atoms with van der Waals surface area (Å²) >= 11 is 0. The van der Waals surface area contributed by atoms with Gasteiger partial charge in [0.05, 0.1) is 23.3 Å². The van der Waals surface area contributed by atoms with Crippen LogP contribution in [0.15, 0.2) is 42.5 Å². The molecule has 0 spiro atoms. The van der Waals surface area contributed by atoms with Crippen molar-refractivity contribution >= 4 is 5.91 Å². The van der Waals surface area contributed by atoms with E-state index in [2.05, 4.69) is 10.2 Å². The van der Waals surface area contributed by atoms with E-state index in [1.807, 2.05) is 7.05 Å². The molecule has 2 aromatic rings. The van der Waals surface area contributed by atoms with Gasteiger partial charge in [0, 0.05) is 31.0 Å². The summed E-state index contributed by atoms with van der Waals surface area (Å²) in [6, 6.07) is 7.22. The maximum Gasteiger partial charge on any atom is 0.416 e. The molecule has 0 radical (unpaired) electrons. The van der Waals surface area contributed by atoms with Crippen LogP contribution in [0, 0.1) is 5.82 Å². The lowest BCUT2D eigenvalue weighted by Gasteiger charge is -2.34. The van der Waals surface area contributed by atoms with Gasteiger partial charge >= 0.3 is 12.4 Å². The van der Waals surface area contributed by atoms with Crippen molar-refractivity contribution in [1.29, 1.82) is 0 Å². The van der Waals surface area contributed by atoms with Gasteiger partial charge in [-0.3, -0.25) is 4.79 Å². The number of likely N-dealkylation sites (N-methyl/N-ethyl adjacent to an activating group) is 1. The van der Waals surface area contributed by atoms with Crippen LogP contribution in [0.4, 0.5) is 30.7 Å². The van der Waals surface area contributed by atoms with Gasteiger partial charge in [-0.1, -0.05) is 12.1 Å². The van der Waals surface area contributed by atoms with Crippen LogP contribution in [0.25, 0.3) is 0 Å². The molecule has 1 N–H and O–H groups in total. The Balaban J connectivity index is 1.60. The number of rotatable bonds is 7. The van der Waals surface area contributed by atoms with E-state index in [-0.39, 0.29) is 35.5 Å². The van der Waals surface area contributed by atoms with Crippen molar-refractivity contribution in [2.75, 3.05) is 13.6 Å². The zero-order chi connectivity index (χ0) is 27.8. The number of benzene rings is 2. The Morgan fingerprint density at radius 3 is 2.11 bits per heavy atom. The van der Waals surface area contributed by atoms with Crippen molar-refractivity contribution in [3.63, 3.8) is 0 Å². The van der Waals surface area contributed by atoms with E-state index in [0.717, 1.165) is 5.56 Å². The quantitative estimate of drug-likeness (QED) is 0.405. The van der Waals surface area contributed by atoms with Crippen molar-refractivity contribution < 1.29 is 40.3 Å². The van der Waals surface area contributed by atoms with Gasteiger partial charge < -0.3 is 15.0 Å². The summed E-state index contributed by atoms with van der Waals surface area (Å²) in [5.74, 6) is -0.757. The maximum atomic E-state index is 13.7. The van der Waals surface area contributed by atoms with Gasteiger partial charge in [-0.25, -0.2) is 4.39 Å². The predicted molar refractivity (Wildman–Crippen MR) is 126 cm³/mol. The van der Waals surface area contributed by atoms with Gasteiger partial charge in [-0.05, 0) is 74.7 Å². The summed E-state index contributed by atoms with van der Waals surface area (Å²) in [5.41, 5.74) is -2.25. The molecule has 1 aliphatic carbocycles. The first-order valence-electron chi connectivity index (χ1n) is 12.4. The molecule has 0 aromatic heterocycles. The molecule has 0 unspecified atom stereocenters. The molecule has 11 heteroatoms. The topological polar surface area (TPSA) is 41.6 Å². The number of nitrogens with zero attached hydrogens (tertiary/aromatic N) is 1. The first-order valence-corrected chi connectivity index (χ1v) is 12.4. The molecule has 1 saturated carbocycles. The maximum absolute atomic E-state index is 13.7. The Bertz CT molecular complexity index is 1100. The second-order valence-corrected chi connectivity index (χ2v) is 10.1. The first kappa shape index (κ1) is 28.4. The Labute approximate surface area is 216 Å².